The van der Waals surface area contributed by atoms with Crippen LogP contribution in [-0.2, 0) is 0 Å². The Morgan fingerprint density at radius 1 is 0.929 bits per heavy atom. The van der Waals surface area contributed by atoms with Gasteiger partial charge in [0.2, 0.25) is 0 Å². The molecule has 3 heteroatoms. The molecule has 2 rings (SSSR count). The van der Waals surface area contributed by atoms with Crippen LogP contribution in [0.15, 0.2) is 4.79 Å². The van der Waals surface area contributed by atoms with Gasteiger partial charge in [0.1, 0.15) is 0 Å². The largest absolute Gasteiger partial charge is 0.277 e. The summed E-state index contributed by atoms with van der Waals surface area (Å²) in [7, 11) is 0. The molecule has 0 amide bonds. The van der Waals surface area contributed by atoms with Crippen molar-refractivity contribution in [3.63, 3.8) is 0 Å². The van der Waals surface area contributed by atoms with Crippen molar-refractivity contribution in [1.29, 1.82) is 0 Å². The molecule has 0 radical (unpaired) electrons. The summed E-state index contributed by atoms with van der Waals surface area (Å²) >= 11 is 1.44. The smallest absolute Gasteiger partial charge is 0.266 e. The van der Waals surface area contributed by atoms with E-state index in [2.05, 4.69) is 25.1 Å². The molecule has 1 N–H and O–H groups in total. The summed E-state index contributed by atoms with van der Waals surface area (Å²) in [5.74, 6) is 0. The van der Waals surface area contributed by atoms with Crippen LogP contribution in [0.5, 0.6) is 0 Å². The van der Waals surface area contributed by atoms with Gasteiger partial charge in [-0.25, -0.2) is 0 Å². The maximum absolute atomic E-state index is 11.6. The number of hydrogen-bond acceptors (Lipinski definition) is 2. The number of aryl methyl sites for hydroxylation is 2. The molecule has 0 spiro atoms. The minimum atomic E-state index is 0.0497. The van der Waals surface area contributed by atoms with Crippen molar-refractivity contribution in [2.45, 2.75) is 27.7 Å². The molecule has 74 valence electrons. The third kappa shape index (κ3) is 1.05. The molecule has 0 atom stereocenters. The molecule has 0 aliphatic heterocycles. The number of fused-ring (bicyclic) bond motifs is 1. The lowest BCUT2D eigenvalue weighted by atomic mass is 9.97. The second kappa shape index (κ2) is 2.95. The maximum Gasteiger partial charge on any atom is 0.266 e. The number of rotatable bonds is 0. The van der Waals surface area contributed by atoms with Gasteiger partial charge in [-0.3, -0.25) is 9.17 Å². The van der Waals surface area contributed by atoms with E-state index >= 15 is 0 Å². The number of aromatic amines is 1. The molecule has 1 aromatic carbocycles. The second-order valence-corrected chi connectivity index (χ2v) is 4.55. The lowest BCUT2D eigenvalue weighted by molar-refractivity contribution is 1.25. The fourth-order valence-corrected chi connectivity index (χ4v) is 2.78. The minimum absolute atomic E-state index is 0.0497. The topological polar surface area (TPSA) is 32.9 Å². The molecular weight excluding hydrogens is 194 g/mol. The van der Waals surface area contributed by atoms with Gasteiger partial charge in [-0.1, -0.05) is 11.5 Å². The Morgan fingerprint density at radius 3 is 2.14 bits per heavy atom. The molecule has 0 bridgehead atoms. The molecule has 0 aliphatic carbocycles. The van der Waals surface area contributed by atoms with Crippen LogP contribution in [0.4, 0.5) is 0 Å². The van der Waals surface area contributed by atoms with Gasteiger partial charge in [-0.15, -0.1) is 0 Å². The zero-order valence-electron chi connectivity index (χ0n) is 8.82. The van der Waals surface area contributed by atoms with E-state index < -0.39 is 0 Å². The van der Waals surface area contributed by atoms with Crippen LogP contribution >= 0.6 is 11.5 Å². The first kappa shape index (κ1) is 9.46. The average Bonchev–Trinajstić information content (AvgIpc) is 2.54. The SMILES string of the molecule is Cc1c(C)c(C)c2c(=O)[nH]sc2c1C. The van der Waals surface area contributed by atoms with Gasteiger partial charge in [0.25, 0.3) is 5.56 Å². The third-order valence-corrected chi connectivity index (χ3v) is 4.10. The lowest BCUT2D eigenvalue weighted by Gasteiger charge is -2.08. The van der Waals surface area contributed by atoms with Crippen LogP contribution in [-0.4, -0.2) is 4.37 Å². The van der Waals surface area contributed by atoms with Crippen LogP contribution in [0.25, 0.3) is 10.1 Å². The summed E-state index contributed by atoms with van der Waals surface area (Å²) in [4.78, 5) is 11.6. The Balaban J connectivity index is 3.13. The normalized spacial score (nSPS) is 11.1. The van der Waals surface area contributed by atoms with Crippen molar-refractivity contribution in [3.8, 4) is 0 Å². The highest BCUT2D eigenvalue weighted by Crippen LogP contribution is 2.28. The third-order valence-electron chi connectivity index (χ3n) is 3.10. The fraction of sp³-hybridized carbons (Fsp3) is 0.364. The van der Waals surface area contributed by atoms with Gasteiger partial charge >= 0.3 is 0 Å². The van der Waals surface area contributed by atoms with E-state index in [9.17, 15) is 4.79 Å². The highest BCUT2D eigenvalue weighted by molar-refractivity contribution is 7.13. The van der Waals surface area contributed by atoms with Crippen molar-refractivity contribution in [2.24, 2.45) is 0 Å². The summed E-state index contributed by atoms with van der Waals surface area (Å²) in [5.41, 5.74) is 4.93. The van der Waals surface area contributed by atoms with E-state index in [0.717, 1.165) is 15.6 Å². The molecular formula is C11H13NOS. The number of benzene rings is 1. The Morgan fingerprint density at radius 2 is 1.50 bits per heavy atom. The first-order valence-corrected chi connectivity index (χ1v) is 5.43. The van der Waals surface area contributed by atoms with Crippen molar-refractivity contribution in [1.82, 2.24) is 4.37 Å². The molecule has 0 saturated heterocycles. The maximum atomic E-state index is 11.6. The Kier molecular flexibility index (Phi) is 2.00. The quantitative estimate of drug-likeness (QED) is 0.708. The van der Waals surface area contributed by atoms with Gasteiger partial charge in [-0.2, -0.15) is 0 Å². The van der Waals surface area contributed by atoms with E-state index in [4.69, 9.17) is 0 Å². The van der Waals surface area contributed by atoms with Crippen molar-refractivity contribution < 1.29 is 0 Å². The van der Waals surface area contributed by atoms with Gasteiger partial charge in [0.15, 0.2) is 0 Å². The van der Waals surface area contributed by atoms with Crippen molar-refractivity contribution in [2.75, 3.05) is 0 Å². The summed E-state index contributed by atoms with van der Waals surface area (Å²) in [5, 5.41) is 0.871. The predicted molar refractivity (Wildman–Crippen MR) is 61.4 cm³/mol. The van der Waals surface area contributed by atoms with Gasteiger partial charge in [-0.05, 0) is 49.9 Å². The van der Waals surface area contributed by atoms with E-state index in [1.165, 1.54) is 28.2 Å². The monoisotopic (exact) mass is 207 g/mol. The van der Waals surface area contributed by atoms with Gasteiger partial charge < -0.3 is 0 Å². The zero-order chi connectivity index (χ0) is 10.5. The summed E-state index contributed by atoms with van der Waals surface area (Å²) < 4.78 is 3.91. The Bertz CT molecular complexity index is 563. The molecule has 0 saturated carbocycles. The number of aromatic nitrogens is 1. The standard InChI is InChI=1S/C11H13NOS/c1-5-6(2)8(4)10-9(7(5)3)11(13)12-14-10/h1-4H3,(H,12,13). The molecule has 0 fully saturated rings. The van der Waals surface area contributed by atoms with Crippen molar-refractivity contribution >= 4 is 21.6 Å². The highest BCUT2D eigenvalue weighted by atomic mass is 32.1. The first-order valence-electron chi connectivity index (χ1n) is 4.61. The molecule has 1 heterocycles. The number of nitrogens with one attached hydrogen (secondary N) is 1. The fourth-order valence-electron chi connectivity index (χ4n) is 1.83. The lowest BCUT2D eigenvalue weighted by Crippen LogP contribution is -2.01. The molecule has 1 aromatic heterocycles. The molecule has 2 aromatic rings. The molecule has 0 aliphatic rings. The first-order chi connectivity index (χ1) is 6.54. The van der Waals surface area contributed by atoms with Crippen LogP contribution < -0.4 is 5.56 Å². The Hall–Kier alpha value is -1.09. The van der Waals surface area contributed by atoms with Crippen LogP contribution in [0.2, 0.25) is 0 Å². The van der Waals surface area contributed by atoms with Crippen LogP contribution in [0, 0.1) is 27.7 Å². The van der Waals surface area contributed by atoms with E-state index in [0.29, 0.717) is 0 Å². The number of H-pyrrole nitrogens is 1. The van der Waals surface area contributed by atoms with Gasteiger partial charge in [0, 0.05) is 0 Å². The Labute approximate surface area is 86.7 Å². The molecule has 0 unspecified atom stereocenters. The van der Waals surface area contributed by atoms with E-state index in [1.54, 1.807) is 0 Å². The number of hydrogen-bond donors (Lipinski definition) is 1. The predicted octanol–water partition coefficient (Wildman–Crippen LogP) is 2.82. The highest BCUT2D eigenvalue weighted by Gasteiger charge is 2.12. The summed E-state index contributed by atoms with van der Waals surface area (Å²) in [6.45, 7) is 8.29. The van der Waals surface area contributed by atoms with E-state index in [-0.39, 0.29) is 5.56 Å². The van der Waals surface area contributed by atoms with Crippen molar-refractivity contribution in [3.05, 3.63) is 32.6 Å². The van der Waals surface area contributed by atoms with E-state index in [1.807, 2.05) is 6.92 Å². The summed E-state index contributed by atoms with van der Waals surface area (Å²) in [6, 6.07) is 0. The van der Waals surface area contributed by atoms with Crippen LogP contribution in [0.1, 0.15) is 22.3 Å². The molecule has 2 nitrogen and oxygen atoms in total. The zero-order valence-corrected chi connectivity index (χ0v) is 9.63. The van der Waals surface area contributed by atoms with Crippen LogP contribution in [0.3, 0.4) is 0 Å². The summed E-state index contributed by atoms with van der Waals surface area (Å²) in [6.07, 6.45) is 0. The second-order valence-electron chi connectivity index (χ2n) is 3.74. The molecule has 14 heavy (non-hydrogen) atoms. The van der Waals surface area contributed by atoms with Gasteiger partial charge in [0.05, 0.1) is 10.1 Å². The minimum Gasteiger partial charge on any atom is -0.277 e. The average molecular weight is 207 g/mol.